The van der Waals surface area contributed by atoms with Crippen molar-refractivity contribution in [3.05, 3.63) is 70.0 Å². The lowest BCUT2D eigenvalue weighted by molar-refractivity contribution is 0.443. The van der Waals surface area contributed by atoms with Crippen LogP contribution in [-0.4, -0.2) is 7.05 Å². The maximum absolute atomic E-state index is 13.3. The van der Waals surface area contributed by atoms with Crippen LogP contribution in [0.2, 0.25) is 5.02 Å². The van der Waals surface area contributed by atoms with E-state index in [0.717, 1.165) is 17.7 Å². The molecule has 0 amide bonds. The first kappa shape index (κ1) is 13.9. The molecule has 0 saturated heterocycles. The molecule has 5 heteroatoms. The summed E-state index contributed by atoms with van der Waals surface area (Å²) in [5.74, 6) is -3.87. The van der Waals surface area contributed by atoms with E-state index in [2.05, 4.69) is 5.32 Å². The van der Waals surface area contributed by atoms with Gasteiger partial charge in [0.1, 0.15) is 0 Å². The van der Waals surface area contributed by atoms with Crippen molar-refractivity contribution < 1.29 is 13.2 Å². The summed E-state index contributed by atoms with van der Waals surface area (Å²) in [7, 11) is 1.65. The zero-order valence-electron chi connectivity index (χ0n) is 10.1. The van der Waals surface area contributed by atoms with E-state index in [1.807, 2.05) is 0 Å². The molecule has 0 fully saturated rings. The highest BCUT2D eigenvalue weighted by molar-refractivity contribution is 6.30. The fourth-order valence-corrected chi connectivity index (χ4v) is 2.05. The van der Waals surface area contributed by atoms with Gasteiger partial charge in [0.15, 0.2) is 17.5 Å². The van der Waals surface area contributed by atoms with Crippen molar-refractivity contribution in [1.82, 2.24) is 5.32 Å². The molecule has 0 aliphatic carbocycles. The van der Waals surface area contributed by atoms with Crippen molar-refractivity contribution in [3.8, 4) is 0 Å². The molecule has 0 aliphatic rings. The van der Waals surface area contributed by atoms with Gasteiger partial charge in [-0.3, -0.25) is 0 Å². The molecule has 1 N–H and O–H groups in total. The molecule has 0 heterocycles. The molecule has 0 radical (unpaired) electrons. The summed E-state index contributed by atoms with van der Waals surface area (Å²) in [5.41, 5.74) is 1.08. The predicted octanol–water partition coefficient (Wildman–Crippen LogP) is 4.07. The summed E-state index contributed by atoms with van der Waals surface area (Å²) in [4.78, 5) is 0. The van der Waals surface area contributed by atoms with Crippen molar-refractivity contribution in [2.45, 2.75) is 6.04 Å². The Morgan fingerprint density at radius 2 is 1.47 bits per heavy atom. The Kier molecular flexibility index (Phi) is 4.12. The number of hydrogen-bond acceptors (Lipinski definition) is 1. The van der Waals surface area contributed by atoms with E-state index in [-0.39, 0.29) is 0 Å². The third kappa shape index (κ3) is 2.91. The first-order valence-electron chi connectivity index (χ1n) is 5.60. The molecule has 2 aromatic carbocycles. The molecule has 0 aliphatic heterocycles. The average molecular weight is 286 g/mol. The largest absolute Gasteiger partial charge is 0.309 e. The SMILES string of the molecule is CNC(c1ccc(Cl)cc1)c1cc(F)c(F)c(F)c1. The quantitative estimate of drug-likeness (QED) is 0.839. The van der Waals surface area contributed by atoms with Crippen molar-refractivity contribution in [2.24, 2.45) is 0 Å². The zero-order valence-corrected chi connectivity index (χ0v) is 10.8. The van der Waals surface area contributed by atoms with Crippen molar-refractivity contribution >= 4 is 11.6 Å². The van der Waals surface area contributed by atoms with Crippen LogP contribution in [0.15, 0.2) is 36.4 Å². The predicted molar refractivity (Wildman–Crippen MR) is 68.7 cm³/mol. The second kappa shape index (κ2) is 5.63. The molecule has 2 rings (SSSR count). The van der Waals surface area contributed by atoms with Crippen LogP contribution in [0.4, 0.5) is 13.2 Å². The van der Waals surface area contributed by atoms with E-state index < -0.39 is 23.5 Å². The molecule has 1 unspecified atom stereocenters. The van der Waals surface area contributed by atoms with Crippen LogP contribution < -0.4 is 5.32 Å². The van der Waals surface area contributed by atoms with E-state index in [1.54, 1.807) is 31.3 Å². The Bertz CT molecular complexity index is 561. The Morgan fingerprint density at radius 3 is 1.95 bits per heavy atom. The Hall–Kier alpha value is -1.52. The Morgan fingerprint density at radius 1 is 0.947 bits per heavy atom. The van der Waals surface area contributed by atoms with E-state index >= 15 is 0 Å². The Labute approximate surface area is 114 Å². The first-order valence-corrected chi connectivity index (χ1v) is 5.98. The van der Waals surface area contributed by atoms with Crippen LogP contribution >= 0.6 is 11.6 Å². The third-order valence-electron chi connectivity index (χ3n) is 2.83. The molecule has 0 saturated carbocycles. The van der Waals surface area contributed by atoms with Gasteiger partial charge in [-0.2, -0.15) is 0 Å². The molecule has 0 bridgehead atoms. The zero-order chi connectivity index (χ0) is 14.0. The molecule has 2 aromatic rings. The lowest BCUT2D eigenvalue weighted by atomic mass is 9.98. The van der Waals surface area contributed by atoms with Gasteiger partial charge in [-0.15, -0.1) is 0 Å². The second-order valence-electron chi connectivity index (χ2n) is 4.07. The molecule has 0 aromatic heterocycles. The monoisotopic (exact) mass is 285 g/mol. The molecular weight excluding hydrogens is 275 g/mol. The number of rotatable bonds is 3. The molecule has 19 heavy (non-hydrogen) atoms. The van der Waals surface area contributed by atoms with E-state index in [9.17, 15) is 13.2 Å². The highest BCUT2D eigenvalue weighted by Gasteiger charge is 2.17. The smallest absolute Gasteiger partial charge is 0.194 e. The van der Waals surface area contributed by atoms with E-state index in [0.29, 0.717) is 10.6 Å². The number of nitrogens with one attached hydrogen (secondary N) is 1. The number of halogens is 4. The standard InChI is InChI=1S/C14H11ClF3N/c1-19-14(8-2-4-10(15)5-3-8)9-6-11(16)13(18)12(17)7-9/h2-7,14,19H,1H3. The highest BCUT2D eigenvalue weighted by atomic mass is 35.5. The van der Waals surface area contributed by atoms with Crippen molar-refractivity contribution in [2.75, 3.05) is 7.05 Å². The summed E-state index contributed by atoms with van der Waals surface area (Å²) < 4.78 is 39.5. The van der Waals surface area contributed by atoms with Gasteiger partial charge < -0.3 is 5.32 Å². The summed E-state index contributed by atoms with van der Waals surface area (Å²) in [6.07, 6.45) is 0. The topological polar surface area (TPSA) is 12.0 Å². The summed E-state index contributed by atoms with van der Waals surface area (Å²) in [6, 6.07) is 8.35. The fraction of sp³-hybridized carbons (Fsp3) is 0.143. The van der Waals surface area contributed by atoms with Crippen LogP contribution in [0.25, 0.3) is 0 Å². The Balaban J connectivity index is 2.45. The van der Waals surface area contributed by atoms with Gasteiger partial charge in [-0.25, -0.2) is 13.2 Å². The van der Waals surface area contributed by atoms with E-state index in [1.165, 1.54) is 0 Å². The molecule has 100 valence electrons. The van der Waals surface area contributed by atoms with Crippen LogP contribution in [0, 0.1) is 17.5 Å². The van der Waals surface area contributed by atoms with Gasteiger partial charge in [0, 0.05) is 5.02 Å². The second-order valence-corrected chi connectivity index (χ2v) is 4.51. The maximum atomic E-state index is 13.3. The number of benzene rings is 2. The number of hydrogen-bond donors (Lipinski definition) is 1. The normalized spacial score (nSPS) is 12.5. The van der Waals surface area contributed by atoms with Crippen molar-refractivity contribution in [1.29, 1.82) is 0 Å². The van der Waals surface area contributed by atoms with Gasteiger partial charge in [0.25, 0.3) is 0 Å². The fourth-order valence-electron chi connectivity index (χ4n) is 1.92. The lowest BCUT2D eigenvalue weighted by Crippen LogP contribution is -2.18. The van der Waals surface area contributed by atoms with Gasteiger partial charge >= 0.3 is 0 Å². The minimum atomic E-state index is -1.46. The highest BCUT2D eigenvalue weighted by Crippen LogP contribution is 2.25. The minimum Gasteiger partial charge on any atom is -0.309 e. The molecular formula is C14H11ClF3N. The van der Waals surface area contributed by atoms with Crippen LogP contribution in [-0.2, 0) is 0 Å². The van der Waals surface area contributed by atoms with Crippen LogP contribution in [0.1, 0.15) is 17.2 Å². The van der Waals surface area contributed by atoms with Gasteiger partial charge in [-0.05, 0) is 42.4 Å². The van der Waals surface area contributed by atoms with Crippen LogP contribution in [0.5, 0.6) is 0 Å². The van der Waals surface area contributed by atoms with Crippen LogP contribution in [0.3, 0.4) is 0 Å². The van der Waals surface area contributed by atoms with Gasteiger partial charge in [0.2, 0.25) is 0 Å². The molecule has 1 nitrogen and oxygen atoms in total. The van der Waals surface area contributed by atoms with Gasteiger partial charge in [-0.1, -0.05) is 23.7 Å². The summed E-state index contributed by atoms with van der Waals surface area (Å²) in [6.45, 7) is 0. The maximum Gasteiger partial charge on any atom is 0.194 e. The van der Waals surface area contributed by atoms with E-state index in [4.69, 9.17) is 11.6 Å². The summed E-state index contributed by atoms with van der Waals surface area (Å²) in [5, 5.41) is 3.49. The summed E-state index contributed by atoms with van der Waals surface area (Å²) >= 11 is 5.79. The average Bonchev–Trinajstić information content (AvgIpc) is 2.39. The third-order valence-corrected chi connectivity index (χ3v) is 3.08. The van der Waals surface area contributed by atoms with Crippen molar-refractivity contribution in [3.63, 3.8) is 0 Å². The minimum absolute atomic E-state index is 0.307. The van der Waals surface area contributed by atoms with Gasteiger partial charge in [0.05, 0.1) is 6.04 Å². The first-order chi connectivity index (χ1) is 9.02. The molecule has 0 spiro atoms. The molecule has 1 atom stereocenters. The lowest BCUT2D eigenvalue weighted by Gasteiger charge is -2.17.